The van der Waals surface area contributed by atoms with Crippen molar-refractivity contribution in [3.05, 3.63) is 24.1 Å². The molecule has 0 saturated heterocycles. The van der Waals surface area contributed by atoms with E-state index in [4.69, 9.17) is 4.42 Å². The van der Waals surface area contributed by atoms with Gasteiger partial charge >= 0.3 is 0 Å². The second-order valence-electron chi connectivity index (χ2n) is 5.02. The average molecular weight is 262 g/mol. The molecule has 0 aliphatic carbocycles. The van der Waals surface area contributed by atoms with Crippen molar-refractivity contribution >= 4 is 6.01 Å². The van der Waals surface area contributed by atoms with Crippen molar-refractivity contribution < 1.29 is 4.42 Å². The molecule has 19 heavy (non-hydrogen) atoms. The molecule has 7 heteroatoms. The van der Waals surface area contributed by atoms with Gasteiger partial charge in [0, 0.05) is 25.7 Å². The fraction of sp³-hybridized carbons (Fsp3) is 0.583. The maximum Gasteiger partial charge on any atom is 0.297 e. The van der Waals surface area contributed by atoms with E-state index in [1.807, 2.05) is 0 Å². The summed E-state index contributed by atoms with van der Waals surface area (Å²) < 4.78 is 7.60. The first-order valence-corrected chi connectivity index (χ1v) is 6.52. The molecule has 0 spiro atoms. The molecule has 3 heterocycles. The van der Waals surface area contributed by atoms with Gasteiger partial charge in [-0.3, -0.25) is 0 Å². The summed E-state index contributed by atoms with van der Waals surface area (Å²) in [6.45, 7) is 7.37. The molecule has 0 radical (unpaired) electrons. The predicted molar refractivity (Wildman–Crippen MR) is 69.6 cm³/mol. The molecule has 1 N–H and O–H groups in total. The number of rotatable bonds is 4. The molecule has 3 rings (SSSR count). The highest BCUT2D eigenvalue weighted by Crippen LogP contribution is 2.19. The molecular weight excluding hydrogens is 244 g/mol. The lowest BCUT2D eigenvalue weighted by Gasteiger charge is -2.25. The normalized spacial score (nSPS) is 15.0. The molecular formula is C12H18N6O. The van der Waals surface area contributed by atoms with Crippen LogP contribution in [0.3, 0.4) is 0 Å². The van der Waals surface area contributed by atoms with E-state index in [1.54, 1.807) is 12.6 Å². The minimum absolute atomic E-state index is 0.439. The van der Waals surface area contributed by atoms with Crippen molar-refractivity contribution in [2.75, 3.05) is 11.4 Å². The Morgan fingerprint density at radius 1 is 1.42 bits per heavy atom. The van der Waals surface area contributed by atoms with Gasteiger partial charge < -0.3 is 19.2 Å². The van der Waals surface area contributed by atoms with E-state index in [2.05, 4.69) is 43.8 Å². The zero-order valence-electron chi connectivity index (χ0n) is 11.2. The number of fused-ring (bicyclic) bond motifs is 1. The van der Waals surface area contributed by atoms with Crippen LogP contribution in [0.1, 0.15) is 25.4 Å². The Morgan fingerprint density at radius 3 is 3.16 bits per heavy atom. The molecule has 0 saturated carbocycles. The second-order valence-corrected chi connectivity index (χ2v) is 5.02. The SMILES string of the molecule is CC(C)NCc1coc(N2CCn3cnnc3C2)n1. The van der Waals surface area contributed by atoms with Crippen LogP contribution in [0.5, 0.6) is 0 Å². The molecule has 0 unspecified atom stereocenters. The lowest BCUT2D eigenvalue weighted by molar-refractivity contribution is 0.484. The summed E-state index contributed by atoms with van der Waals surface area (Å²) >= 11 is 0. The van der Waals surface area contributed by atoms with E-state index < -0.39 is 0 Å². The topological polar surface area (TPSA) is 72.0 Å². The number of oxazole rings is 1. The van der Waals surface area contributed by atoms with Gasteiger partial charge in [0.05, 0.1) is 12.2 Å². The molecule has 0 bridgehead atoms. The quantitative estimate of drug-likeness (QED) is 0.878. The number of anilines is 1. The van der Waals surface area contributed by atoms with Crippen LogP contribution in [-0.4, -0.2) is 32.3 Å². The highest BCUT2D eigenvalue weighted by Gasteiger charge is 2.21. The highest BCUT2D eigenvalue weighted by atomic mass is 16.4. The summed E-state index contributed by atoms with van der Waals surface area (Å²) in [5.41, 5.74) is 0.927. The largest absolute Gasteiger partial charge is 0.432 e. The van der Waals surface area contributed by atoms with Gasteiger partial charge in [-0.25, -0.2) is 0 Å². The Balaban J connectivity index is 1.67. The van der Waals surface area contributed by atoms with Crippen molar-refractivity contribution in [1.29, 1.82) is 0 Å². The molecule has 2 aromatic rings. The minimum Gasteiger partial charge on any atom is -0.432 e. The molecule has 1 aliphatic rings. The Labute approximate surface area is 111 Å². The summed E-state index contributed by atoms with van der Waals surface area (Å²) in [5.74, 6) is 0.950. The minimum atomic E-state index is 0.439. The number of hydrogen-bond donors (Lipinski definition) is 1. The van der Waals surface area contributed by atoms with Gasteiger partial charge in [0.1, 0.15) is 12.6 Å². The summed E-state index contributed by atoms with van der Waals surface area (Å²) in [7, 11) is 0. The van der Waals surface area contributed by atoms with Crippen molar-refractivity contribution in [3.63, 3.8) is 0 Å². The second kappa shape index (κ2) is 5.00. The van der Waals surface area contributed by atoms with Gasteiger partial charge in [-0.2, -0.15) is 4.98 Å². The van der Waals surface area contributed by atoms with Gasteiger partial charge in [0.2, 0.25) is 0 Å². The van der Waals surface area contributed by atoms with Gasteiger partial charge in [-0.1, -0.05) is 13.8 Å². The first kappa shape index (κ1) is 12.2. The maximum absolute atomic E-state index is 5.55. The lowest BCUT2D eigenvalue weighted by atomic mass is 10.3. The zero-order chi connectivity index (χ0) is 13.2. The number of nitrogens with zero attached hydrogens (tertiary/aromatic N) is 5. The molecule has 102 valence electrons. The molecule has 2 aromatic heterocycles. The van der Waals surface area contributed by atoms with Crippen LogP contribution >= 0.6 is 0 Å². The first-order valence-electron chi connectivity index (χ1n) is 6.52. The van der Waals surface area contributed by atoms with Crippen LogP contribution in [0.2, 0.25) is 0 Å². The Bertz CT molecular complexity index is 546. The van der Waals surface area contributed by atoms with Gasteiger partial charge in [-0.15, -0.1) is 10.2 Å². The summed E-state index contributed by atoms with van der Waals surface area (Å²) in [5, 5.41) is 11.3. The third-order valence-corrected chi connectivity index (χ3v) is 3.14. The van der Waals surface area contributed by atoms with Crippen LogP contribution in [0.25, 0.3) is 0 Å². The molecule has 0 aromatic carbocycles. The molecule has 1 aliphatic heterocycles. The summed E-state index contributed by atoms with van der Waals surface area (Å²) in [4.78, 5) is 6.59. The van der Waals surface area contributed by atoms with Crippen LogP contribution in [0, 0.1) is 0 Å². The van der Waals surface area contributed by atoms with E-state index in [0.717, 1.165) is 31.2 Å². The van der Waals surface area contributed by atoms with Gasteiger partial charge in [0.25, 0.3) is 6.01 Å². The standard InChI is InChI=1S/C12H18N6O/c1-9(2)13-5-10-7-19-12(15-10)17-3-4-18-8-14-16-11(18)6-17/h7-9,13H,3-6H2,1-2H3. The smallest absolute Gasteiger partial charge is 0.297 e. The fourth-order valence-corrected chi connectivity index (χ4v) is 2.06. The van der Waals surface area contributed by atoms with E-state index in [9.17, 15) is 0 Å². The fourth-order valence-electron chi connectivity index (χ4n) is 2.06. The monoisotopic (exact) mass is 262 g/mol. The predicted octanol–water partition coefficient (Wildman–Crippen LogP) is 0.784. The van der Waals surface area contributed by atoms with Gasteiger partial charge in [-0.05, 0) is 0 Å². The molecule has 7 nitrogen and oxygen atoms in total. The third-order valence-electron chi connectivity index (χ3n) is 3.14. The van der Waals surface area contributed by atoms with Crippen LogP contribution < -0.4 is 10.2 Å². The number of nitrogens with one attached hydrogen (secondary N) is 1. The highest BCUT2D eigenvalue weighted by molar-refractivity contribution is 5.28. The van der Waals surface area contributed by atoms with Crippen LogP contribution in [0.4, 0.5) is 6.01 Å². The Kier molecular flexibility index (Phi) is 3.20. The van der Waals surface area contributed by atoms with Crippen molar-refractivity contribution in [1.82, 2.24) is 25.1 Å². The Hall–Kier alpha value is -1.89. The number of hydrogen-bond acceptors (Lipinski definition) is 6. The number of aromatic nitrogens is 4. The van der Waals surface area contributed by atoms with E-state index >= 15 is 0 Å². The molecule has 0 atom stereocenters. The van der Waals surface area contributed by atoms with Crippen molar-refractivity contribution in [2.45, 2.75) is 39.5 Å². The van der Waals surface area contributed by atoms with Crippen molar-refractivity contribution in [3.8, 4) is 0 Å². The lowest BCUT2D eigenvalue weighted by Crippen LogP contribution is -2.33. The maximum atomic E-state index is 5.55. The van der Waals surface area contributed by atoms with E-state index in [0.29, 0.717) is 18.6 Å². The van der Waals surface area contributed by atoms with Gasteiger partial charge in [0.15, 0.2) is 5.82 Å². The summed E-state index contributed by atoms with van der Waals surface area (Å²) in [6.07, 6.45) is 3.48. The van der Waals surface area contributed by atoms with E-state index in [1.165, 1.54) is 0 Å². The molecule has 0 amide bonds. The first-order chi connectivity index (χ1) is 9.22. The Morgan fingerprint density at radius 2 is 2.32 bits per heavy atom. The average Bonchev–Trinajstić information content (AvgIpc) is 3.04. The van der Waals surface area contributed by atoms with E-state index in [-0.39, 0.29) is 0 Å². The van der Waals surface area contributed by atoms with Crippen LogP contribution in [0.15, 0.2) is 17.0 Å². The summed E-state index contributed by atoms with van der Waals surface area (Å²) in [6, 6.07) is 1.10. The molecule has 0 fully saturated rings. The van der Waals surface area contributed by atoms with Crippen molar-refractivity contribution in [2.24, 2.45) is 0 Å². The third kappa shape index (κ3) is 2.60. The van der Waals surface area contributed by atoms with Crippen LogP contribution in [-0.2, 0) is 19.6 Å². The zero-order valence-corrected chi connectivity index (χ0v) is 11.2.